The Morgan fingerprint density at radius 3 is 2.18 bits per heavy atom. The van der Waals surface area contributed by atoms with Crippen LogP contribution in [0.15, 0.2) is 0 Å². The van der Waals surface area contributed by atoms with E-state index < -0.39 is 9.84 Å². The van der Waals surface area contributed by atoms with Crippen LogP contribution in [0.1, 0.15) is 0 Å². The molecule has 0 aromatic heterocycles. The van der Waals surface area contributed by atoms with Crippen LogP contribution < -0.4 is 10.6 Å². The summed E-state index contributed by atoms with van der Waals surface area (Å²) in [5.41, 5.74) is 0. The second-order valence-corrected chi connectivity index (χ2v) is 5.47. The molecule has 11 heavy (non-hydrogen) atoms. The maximum absolute atomic E-state index is 11.0. The third kappa shape index (κ3) is 1.20. The first kappa shape index (κ1) is 7.30. The number of fused-ring (bicyclic) bond motifs is 1. The van der Waals surface area contributed by atoms with E-state index in [0.717, 1.165) is 0 Å². The van der Waals surface area contributed by atoms with E-state index in [1.165, 1.54) is 0 Å². The molecule has 0 radical (unpaired) electrons. The molecule has 4 nitrogen and oxygen atoms in total. The predicted molar refractivity (Wildman–Crippen MR) is 45.1 cm³/mol. The van der Waals surface area contributed by atoms with Gasteiger partial charge in [-0.25, -0.2) is 8.42 Å². The standard InChI is InChI=1S/C5H8N2O2S2/c8-11(9)1-3-4(2-11)7-5(10)6-3/h3-4H,1-2H2,(H2,6,7,10)/t3-,4+. The lowest BCUT2D eigenvalue weighted by Gasteiger charge is -2.02. The molecule has 2 N–H and O–H groups in total. The van der Waals surface area contributed by atoms with Gasteiger partial charge in [-0.15, -0.1) is 0 Å². The zero-order chi connectivity index (χ0) is 8.06. The zero-order valence-electron chi connectivity index (χ0n) is 5.70. The van der Waals surface area contributed by atoms with Crippen molar-refractivity contribution >= 4 is 27.2 Å². The van der Waals surface area contributed by atoms with E-state index in [0.29, 0.717) is 5.11 Å². The van der Waals surface area contributed by atoms with Gasteiger partial charge in [-0.2, -0.15) is 0 Å². The number of nitrogens with one attached hydrogen (secondary N) is 2. The van der Waals surface area contributed by atoms with Gasteiger partial charge in [0.25, 0.3) is 0 Å². The summed E-state index contributed by atoms with van der Waals surface area (Å²) in [6.07, 6.45) is 0. The van der Waals surface area contributed by atoms with E-state index >= 15 is 0 Å². The highest BCUT2D eigenvalue weighted by atomic mass is 32.2. The van der Waals surface area contributed by atoms with Crippen molar-refractivity contribution in [2.24, 2.45) is 0 Å². The van der Waals surface area contributed by atoms with Crippen molar-refractivity contribution in [1.29, 1.82) is 0 Å². The first-order chi connectivity index (χ1) is 5.07. The van der Waals surface area contributed by atoms with Gasteiger partial charge in [0, 0.05) is 0 Å². The zero-order valence-corrected chi connectivity index (χ0v) is 7.33. The summed E-state index contributed by atoms with van der Waals surface area (Å²) in [4.78, 5) is 0. The average molecular weight is 192 g/mol. The second kappa shape index (κ2) is 2.07. The van der Waals surface area contributed by atoms with Crippen LogP contribution >= 0.6 is 12.2 Å². The van der Waals surface area contributed by atoms with Crippen molar-refractivity contribution in [3.8, 4) is 0 Å². The third-order valence-electron chi connectivity index (χ3n) is 1.99. The van der Waals surface area contributed by atoms with Gasteiger partial charge in [0.1, 0.15) is 0 Å². The number of thiocarbonyl (C=S) groups is 1. The van der Waals surface area contributed by atoms with Crippen LogP contribution in [0.2, 0.25) is 0 Å². The van der Waals surface area contributed by atoms with Gasteiger partial charge in [-0.05, 0) is 12.2 Å². The first-order valence-corrected chi connectivity index (χ1v) is 5.57. The summed E-state index contributed by atoms with van der Waals surface area (Å²) in [5, 5.41) is 6.40. The van der Waals surface area contributed by atoms with Gasteiger partial charge < -0.3 is 10.6 Å². The second-order valence-electron chi connectivity index (χ2n) is 2.91. The minimum absolute atomic E-state index is 0.00694. The lowest BCUT2D eigenvalue weighted by Crippen LogP contribution is -2.31. The molecular weight excluding hydrogens is 184 g/mol. The quantitative estimate of drug-likeness (QED) is 0.464. The van der Waals surface area contributed by atoms with Crippen LogP contribution in [0.5, 0.6) is 0 Å². The normalized spacial score (nSPS) is 39.5. The number of hydrogen-bond donors (Lipinski definition) is 2. The maximum atomic E-state index is 11.0. The van der Waals surface area contributed by atoms with E-state index in [9.17, 15) is 8.42 Å². The molecule has 2 aliphatic heterocycles. The molecule has 0 aliphatic carbocycles. The lowest BCUT2D eigenvalue weighted by molar-refractivity contribution is 0.600. The van der Waals surface area contributed by atoms with Crippen LogP contribution in [0.25, 0.3) is 0 Å². The van der Waals surface area contributed by atoms with Crippen molar-refractivity contribution < 1.29 is 8.42 Å². The largest absolute Gasteiger partial charge is 0.357 e. The Morgan fingerprint density at radius 2 is 1.73 bits per heavy atom. The van der Waals surface area contributed by atoms with E-state index in [2.05, 4.69) is 10.6 Å². The molecule has 0 amide bonds. The molecule has 6 heteroatoms. The van der Waals surface area contributed by atoms with E-state index in [1.807, 2.05) is 0 Å². The minimum atomic E-state index is -2.81. The molecule has 2 rings (SSSR count). The molecule has 62 valence electrons. The molecule has 0 saturated carbocycles. The number of hydrogen-bond acceptors (Lipinski definition) is 3. The van der Waals surface area contributed by atoms with Crippen molar-refractivity contribution in [2.45, 2.75) is 12.1 Å². The topological polar surface area (TPSA) is 58.2 Å². The van der Waals surface area contributed by atoms with Crippen LogP contribution in [-0.4, -0.2) is 37.1 Å². The van der Waals surface area contributed by atoms with Gasteiger partial charge in [0.2, 0.25) is 0 Å². The Balaban J connectivity index is 2.22. The fourth-order valence-corrected chi connectivity index (χ4v) is 3.67. The fraction of sp³-hybridized carbons (Fsp3) is 0.800. The van der Waals surface area contributed by atoms with Crippen LogP contribution in [0.3, 0.4) is 0 Å². The summed E-state index contributed by atoms with van der Waals surface area (Å²) in [6, 6.07) is 0.0139. The van der Waals surface area contributed by atoms with E-state index in [1.54, 1.807) is 0 Å². The number of sulfone groups is 1. The van der Waals surface area contributed by atoms with Crippen LogP contribution in [0.4, 0.5) is 0 Å². The van der Waals surface area contributed by atoms with Crippen molar-refractivity contribution in [1.82, 2.24) is 10.6 Å². The highest BCUT2D eigenvalue weighted by Gasteiger charge is 2.42. The molecule has 0 aromatic rings. The Kier molecular flexibility index (Phi) is 1.37. The lowest BCUT2D eigenvalue weighted by atomic mass is 10.2. The summed E-state index contributed by atoms with van der Waals surface area (Å²) in [6.45, 7) is 0. The van der Waals surface area contributed by atoms with Gasteiger partial charge >= 0.3 is 0 Å². The Hall–Kier alpha value is -0.360. The highest BCUT2D eigenvalue weighted by Crippen LogP contribution is 2.15. The summed E-state index contributed by atoms with van der Waals surface area (Å²) in [7, 11) is -2.81. The maximum Gasteiger partial charge on any atom is 0.166 e. The molecule has 0 spiro atoms. The smallest absolute Gasteiger partial charge is 0.166 e. The highest BCUT2D eigenvalue weighted by molar-refractivity contribution is 7.91. The SMILES string of the molecule is O=S1(=O)C[C@@H]2NC(=S)N[C@@H]2C1. The summed E-state index contributed by atoms with van der Waals surface area (Å²) < 4.78 is 22.1. The number of rotatable bonds is 0. The van der Waals surface area contributed by atoms with Gasteiger partial charge in [0.15, 0.2) is 14.9 Å². The minimum Gasteiger partial charge on any atom is -0.357 e. The summed E-state index contributed by atoms with van der Waals surface area (Å²) in [5.74, 6) is 0.426. The molecule has 2 aliphatic rings. The third-order valence-corrected chi connectivity index (χ3v) is 3.96. The van der Waals surface area contributed by atoms with E-state index in [-0.39, 0.29) is 23.6 Å². The van der Waals surface area contributed by atoms with Gasteiger partial charge in [-0.1, -0.05) is 0 Å². The van der Waals surface area contributed by atoms with Crippen molar-refractivity contribution in [3.63, 3.8) is 0 Å². The first-order valence-electron chi connectivity index (χ1n) is 3.34. The monoisotopic (exact) mass is 192 g/mol. The molecule has 2 heterocycles. The Labute approximate surface area is 70.3 Å². The van der Waals surface area contributed by atoms with E-state index in [4.69, 9.17) is 12.2 Å². The molecular formula is C5H8N2O2S2. The van der Waals surface area contributed by atoms with Crippen LogP contribution in [0, 0.1) is 0 Å². The molecule has 2 fully saturated rings. The van der Waals surface area contributed by atoms with Crippen LogP contribution in [-0.2, 0) is 9.84 Å². The molecule has 2 atom stereocenters. The van der Waals surface area contributed by atoms with Gasteiger partial charge in [-0.3, -0.25) is 0 Å². The molecule has 0 unspecified atom stereocenters. The van der Waals surface area contributed by atoms with Crippen molar-refractivity contribution in [3.05, 3.63) is 0 Å². The predicted octanol–water partition coefficient (Wildman–Crippen LogP) is -1.37. The Morgan fingerprint density at radius 1 is 1.27 bits per heavy atom. The van der Waals surface area contributed by atoms with Crippen molar-refractivity contribution in [2.75, 3.05) is 11.5 Å². The Bertz CT molecular complexity index is 276. The summed E-state index contributed by atoms with van der Waals surface area (Å²) >= 11 is 4.83. The molecule has 0 aromatic carbocycles. The van der Waals surface area contributed by atoms with Gasteiger partial charge in [0.05, 0.1) is 23.6 Å². The molecule has 2 saturated heterocycles. The fourth-order valence-electron chi connectivity index (χ4n) is 1.51. The average Bonchev–Trinajstić information content (AvgIpc) is 2.17. The molecule has 0 bridgehead atoms.